The summed E-state index contributed by atoms with van der Waals surface area (Å²) >= 11 is 0. The number of benzene rings is 1. The van der Waals surface area contributed by atoms with Crippen molar-refractivity contribution in [3.63, 3.8) is 0 Å². The minimum absolute atomic E-state index is 0.0872. The largest absolute Gasteiger partial charge is 0.482 e. The number of nitrogens with two attached hydrogens (primary N) is 1. The van der Waals surface area contributed by atoms with E-state index in [1.807, 2.05) is 6.92 Å². The van der Waals surface area contributed by atoms with E-state index < -0.39 is 5.97 Å². The number of hydrogen-bond acceptors (Lipinski definition) is 6. The second kappa shape index (κ2) is 7.28. The van der Waals surface area contributed by atoms with Gasteiger partial charge in [0.1, 0.15) is 12.1 Å². The number of aromatic nitrogens is 3. The monoisotopic (exact) mass is 290 g/mol. The highest BCUT2D eigenvalue weighted by molar-refractivity contribution is 5.71. The molecule has 0 amide bonds. The highest BCUT2D eigenvalue weighted by Crippen LogP contribution is 2.12. The molecule has 7 heteroatoms. The van der Waals surface area contributed by atoms with Crippen molar-refractivity contribution in [1.82, 2.24) is 14.8 Å². The van der Waals surface area contributed by atoms with Crippen LogP contribution in [0.5, 0.6) is 5.75 Å². The zero-order valence-electron chi connectivity index (χ0n) is 11.9. The van der Waals surface area contributed by atoms with Gasteiger partial charge in [-0.25, -0.2) is 14.5 Å². The number of carbonyl (C=O) groups excluding carboxylic acids is 1. The van der Waals surface area contributed by atoms with E-state index in [2.05, 4.69) is 10.1 Å². The Hall–Kier alpha value is -2.57. The predicted octanol–water partition coefficient (Wildman–Crippen LogP) is 1.39. The molecule has 0 aliphatic heterocycles. The third-order valence-electron chi connectivity index (χ3n) is 2.73. The number of carbonyl (C=O) groups is 1. The van der Waals surface area contributed by atoms with Crippen molar-refractivity contribution in [3.05, 3.63) is 36.4 Å². The molecular weight excluding hydrogens is 272 g/mol. The molecule has 0 aliphatic rings. The Labute approximate surface area is 122 Å². The molecule has 2 aromatic rings. The first-order valence-electron chi connectivity index (χ1n) is 6.69. The smallest absolute Gasteiger partial charge is 0.344 e. The normalized spacial score (nSPS) is 10.3. The van der Waals surface area contributed by atoms with Gasteiger partial charge in [-0.05, 0) is 30.7 Å². The zero-order chi connectivity index (χ0) is 15.1. The van der Waals surface area contributed by atoms with Crippen molar-refractivity contribution >= 4 is 11.7 Å². The van der Waals surface area contributed by atoms with Gasteiger partial charge in [0.25, 0.3) is 0 Å². The lowest BCUT2D eigenvalue weighted by Crippen LogP contribution is -2.16. The summed E-state index contributed by atoms with van der Waals surface area (Å²) in [6.07, 6.45) is 2.38. The Morgan fingerprint density at radius 2 is 2.10 bits per heavy atom. The Morgan fingerprint density at radius 1 is 1.33 bits per heavy atom. The van der Waals surface area contributed by atoms with Gasteiger partial charge in [0, 0.05) is 12.2 Å². The third-order valence-corrected chi connectivity index (χ3v) is 2.73. The van der Waals surface area contributed by atoms with Crippen LogP contribution >= 0.6 is 0 Å². The molecule has 1 aromatic heterocycles. The summed E-state index contributed by atoms with van der Waals surface area (Å²) in [7, 11) is 0. The summed E-state index contributed by atoms with van der Waals surface area (Å²) in [6.45, 7) is 2.71. The average Bonchev–Trinajstić information content (AvgIpc) is 2.92. The van der Waals surface area contributed by atoms with E-state index in [-0.39, 0.29) is 13.2 Å². The number of rotatable bonds is 7. The first-order valence-corrected chi connectivity index (χ1v) is 6.69. The molecule has 0 radical (unpaired) electrons. The molecule has 0 unspecified atom stereocenters. The quantitative estimate of drug-likeness (QED) is 0.612. The van der Waals surface area contributed by atoms with Crippen LogP contribution in [0.3, 0.4) is 0 Å². The van der Waals surface area contributed by atoms with E-state index >= 15 is 0 Å². The molecule has 0 saturated heterocycles. The summed E-state index contributed by atoms with van der Waals surface area (Å²) in [4.78, 5) is 15.7. The van der Waals surface area contributed by atoms with Crippen LogP contribution < -0.4 is 10.5 Å². The standard InChI is InChI=1S/C14H18N4O3/c1-2-7-18-13(16-10-17-18)8-21-14(19)9-20-12-5-3-11(15)4-6-12/h3-6,10H,2,7-9,15H2,1H3. The number of nitrogens with zero attached hydrogens (tertiary/aromatic N) is 3. The van der Waals surface area contributed by atoms with Crippen LogP contribution in [0.2, 0.25) is 0 Å². The van der Waals surface area contributed by atoms with Crippen molar-refractivity contribution in [2.24, 2.45) is 0 Å². The second-order valence-corrected chi connectivity index (χ2v) is 4.42. The van der Waals surface area contributed by atoms with Gasteiger partial charge in [0.05, 0.1) is 0 Å². The summed E-state index contributed by atoms with van der Waals surface area (Å²) in [5.41, 5.74) is 6.20. The molecule has 0 spiro atoms. The van der Waals surface area contributed by atoms with E-state index in [9.17, 15) is 4.79 Å². The lowest BCUT2D eigenvalue weighted by atomic mass is 10.3. The van der Waals surface area contributed by atoms with Crippen LogP contribution in [-0.2, 0) is 22.7 Å². The van der Waals surface area contributed by atoms with Crippen LogP contribution in [0.15, 0.2) is 30.6 Å². The van der Waals surface area contributed by atoms with Gasteiger partial charge in [-0.3, -0.25) is 0 Å². The molecule has 0 saturated carbocycles. The van der Waals surface area contributed by atoms with Crippen LogP contribution in [-0.4, -0.2) is 27.3 Å². The number of esters is 1. The van der Waals surface area contributed by atoms with Crippen LogP contribution in [0, 0.1) is 0 Å². The van der Waals surface area contributed by atoms with Crippen molar-refractivity contribution in [3.8, 4) is 5.75 Å². The van der Waals surface area contributed by atoms with Crippen molar-refractivity contribution in [1.29, 1.82) is 0 Å². The van der Waals surface area contributed by atoms with E-state index in [0.717, 1.165) is 13.0 Å². The van der Waals surface area contributed by atoms with Crippen LogP contribution in [0.25, 0.3) is 0 Å². The predicted molar refractivity (Wildman–Crippen MR) is 76.5 cm³/mol. The third kappa shape index (κ3) is 4.48. The molecule has 7 nitrogen and oxygen atoms in total. The number of nitrogen functional groups attached to an aromatic ring is 1. The summed E-state index contributed by atoms with van der Waals surface area (Å²) in [5.74, 6) is 0.728. The average molecular weight is 290 g/mol. The maximum Gasteiger partial charge on any atom is 0.344 e. The fraction of sp³-hybridized carbons (Fsp3) is 0.357. The highest BCUT2D eigenvalue weighted by atomic mass is 16.6. The van der Waals surface area contributed by atoms with E-state index in [1.165, 1.54) is 6.33 Å². The number of hydrogen-bond donors (Lipinski definition) is 1. The van der Waals surface area contributed by atoms with Gasteiger partial charge >= 0.3 is 5.97 Å². The molecule has 1 aromatic carbocycles. The van der Waals surface area contributed by atoms with Crippen LogP contribution in [0.1, 0.15) is 19.2 Å². The fourth-order valence-corrected chi connectivity index (χ4v) is 1.69. The summed E-state index contributed by atoms with van der Waals surface area (Å²) < 4.78 is 12.1. The maximum absolute atomic E-state index is 11.6. The number of anilines is 1. The van der Waals surface area contributed by atoms with Gasteiger partial charge in [0.15, 0.2) is 19.0 Å². The molecule has 2 N–H and O–H groups in total. The molecule has 112 valence electrons. The molecule has 0 atom stereocenters. The SMILES string of the molecule is CCCn1ncnc1COC(=O)COc1ccc(N)cc1. The maximum atomic E-state index is 11.6. The Morgan fingerprint density at radius 3 is 2.81 bits per heavy atom. The minimum atomic E-state index is -0.460. The molecule has 2 rings (SSSR count). The first-order chi connectivity index (χ1) is 10.2. The second-order valence-electron chi connectivity index (χ2n) is 4.42. The number of aryl methyl sites for hydroxylation is 1. The molecule has 0 aliphatic carbocycles. The number of ether oxygens (including phenoxy) is 2. The van der Waals surface area contributed by atoms with Crippen molar-refractivity contribution in [2.75, 3.05) is 12.3 Å². The van der Waals surface area contributed by atoms with E-state index in [4.69, 9.17) is 15.2 Å². The summed E-state index contributed by atoms with van der Waals surface area (Å²) in [5, 5.41) is 4.06. The lowest BCUT2D eigenvalue weighted by Gasteiger charge is -2.08. The van der Waals surface area contributed by atoms with Crippen molar-refractivity contribution < 1.29 is 14.3 Å². The summed E-state index contributed by atoms with van der Waals surface area (Å²) in [6, 6.07) is 6.79. The highest BCUT2D eigenvalue weighted by Gasteiger charge is 2.09. The first kappa shape index (κ1) is 14.8. The zero-order valence-corrected chi connectivity index (χ0v) is 11.9. The minimum Gasteiger partial charge on any atom is -0.482 e. The molecular formula is C14H18N4O3. The topological polar surface area (TPSA) is 92.3 Å². The van der Waals surface area contributed by atoms with Gasteiger partial charge in [-0.15, -0.1) is 0 Å². The molecule has 0 bridgehead atoms. The van der Waals surface area contributed by atoms with Gasteiger partial charge in [-0.2, -0.15) is 5.10 Å². The molecule has 21 heavy (non-hydrogen) atoms. The Bertz CT molecular complexity index is 580. The molecule has 0 fully saturated rings. The van der Waals surface area contributed by atoms with Gasteiger partial charge in [-0.1, -0.05) is 6.92 Å². The van der Waals surface area contributed by atoms with E-state index in [0.29, 0.717) is 17.3 Å². The lowest BCUT2D eigenvalue weighted by molar-refractivity contribution is -0.147. The van der Waals surface area contributed by atoms with Gasteiger partial charge in [0.2, 0.25) is 0 Å². The van der Waals surface area contributed by atoms with Crippen LogP contribution in [0.4, 0.5) is 5.69 Å². The van der Waals surface area contributed by atoms with Crippen molar-refractivity contribution in [2.45, 2.75) is 26.5 Å². The Balaban J connectivity index is 1.77. The Kier molecular flexibility index (Phi) is 5.14. The van der Waals surface area contributed by atoms with Gasteiger partial charge < -0.3 is 15.2 Å². The van der Waals surface area contributed by atoms with E-state index in [1.54, 1.807) is 28.9 Å². The molecule has 1 heterocycles. The fourth-order valence-electron chi connectivity index (χ4n) is 1.69.